The molecule has 0 unspecified atom stereocenters. The van der Waals surface area contributed by atoms with Crippen LogP contribution in [0.1, 0.15) is 5.56 Å². The van der Waals surface area contributed by atoms with Gasteiger partial charge in [0, 0.05) is 5.69 Å². The van der Waals surface area contributed by atoms with Crippen LogP contribution in [-0.2, 0) is 0 Å². The Morgan fingerprint density at radius 3 is 2.50 bits per heavy atom. The molecule has 2 rings (SSSR count). The lowest BCUT2D eigenvalue weighted by Crippen LogP contribution is -2.24. The lowest BCUT2D eigenvalue weighted by Gasteiger charge is -2.05. The van der Waals surface area contributed by atoms with E-state index in [1.165, 1.54) is 6.21 Å². The molecule has 0 saturated heterocycles. The molecule has 2 N–H and O–H groups in total. The van der Waals surface area contributed by atoms with E-state index in [0.29, 0.717) is 15.7 Å². The van der Waals surface area contributed by atoms with Crippen LogP contribution in [0, 0.1) is 0 Å². The maximum absolute atomic E-state index is 11.7. The molecule has 0 fully saturated rings. The number of ether oxygens (including phenoxy) is 1. The van der Waals surface area contributed by atoms with E-state index in [4.69, 9.17) is 27.9 Å². The van der Waals surface area contributed by atoms with Crippen molar-refractivity contribution in [3.8, 4) is 5.75 Å². The second-order valence-electron chi connectivity index (χ2n) is 4.23. The Kier molecular flexibility index (Phi) is 5.63. The fraction of sp³-hybridized carbons (Fsp3) is 0.0667. The van der Waals surface area contributed by atoms with Crippen molar-refractivity contribution in [1.29, 1.82) is 0 Å². The third kappa shape index (κ3) is 4.65. The number of methoxy groups -OCH3 is 1. The van der Waals surface area contributed by atoms with Gasteiger partial charge in [-0.05, 0) is 48.0 Å². The minimum absolute atomic E-state index is 0.362. The number of amides is 2. The normalized spacial score (nSPS) is 10.5. The van der Waals surface area contributed by atoms with Gasteiger partial charge in [-0.2, -0.15) is 5.10 Å². The Morgan fingerprint density at radius 2 is 1.86 bits per heavy atom. The molecule has 22 heavy (non-hydrogen) atoms. The molecule has 2 amide bonds. The van der Waals surface area contributed by atoms with Gasteiger partial charge in [-0.25, -0.2) is 10.2 Å². The van der Waals surface area contributed by atoms with Crippen LogP contribution >= 0.6 is 23.2 Å². The monoisotopic (exact) mass is 337 g/mol. The van der Waals surface area contributed by atoms with Crippen molar-refractivity contribution in [3.05, 3.63) is 58.1 Å². The van der Waals surface area contributed by atoms with Crippen molar-refractivity contribution in [2.45, 2.75) is 0 Å². The highest BCUT2D eigenvalue weighted by atomic mass is 35.5. The highest BCUT2D eigenvalue weighted by Gasteiger charge is 2.03. The van der Waals surface area contributed by atoms with Crippen molar-refractivity contribution in [1.82, 2.24) is 5.43 Å². The number of rotatable bonds is 4. The fourth-order valence-corrected chi connectivity index (χ4v) is 1.89. The molecule has 0 aliphatic carbocycles. The second-order valence-corrected chi connectivity index (χ2v) is 5.04. The predicted molar refractivity (Wildman–Crippen MR) is 89.2 cm³/mol. The maximum Gasteiger partial charge on any atom is 0.339 e. The number of hydrazone groups is 1. The van der Waals surface area contributed by atoms with Crippen molar-refractivity contribution in [2.75, 3.05) is 12.4 Å². The molecule has 114 valence electrons. The summed E-state index contributed by atoms with van der Waals surface area (Å²) >= 11 is 11.7. The number of carbonyl (C=O) groups excluding carboxylic acids is 1. The number of carbonyl (C=O) groups is 1. The predicted octanol–water partition coefficient (Wildman–Crippen LogP) is 4.16. The zero-order valence-electron chi connectivity index (χ0n) is 11.6. The second kappa shape index (κ2) is 7.68. The Morgan fingerprint density at radius 1 is 1.14 bits per heavy atom. The van der Waals surface area contributed by atoms with Crippen molar-refractivity contribution >= 4 is 41.1 Å². The number of anilines is 1. The lowest BCUT2D eigenvalue weighted by atomic mass is 10.2. The van der Waals surface area contributed by atoms with E-state index in [1.54, 1.807) is 37.4 Å². The third-order valence-corrected chi connectivity index (χ3v) is 3.41. The molecule has 2 aromatic rings. The van der Waals surface area contributed by atoms with Crippen LogP contribution in [0.25, 0.3) is 0 Å². The van der Waals surface area contributed by atoms with Gasteiger partial charge in [0.15, 0.2) is 0 Å². The molecule has 0 atom stereocenters. The van der Waals surface area contributed by atoms with Gasteiger partial charge >= 0.3 is 6.03 Å². The van der Waals surface area contributed by atoms with Gasteiger partial charge in [0.05, 0.1) is 23.4 Å². The third-order valence-electron chi connectivity index (χ3n) is 2.67. The van der Waals surface area contributed by atoms with Gasteiger partial charge in [-0.1, -0.05) is 23.2 Å². The van der Waals surface area contributed by atoms with Crippen LogP contribution < -0.4 is 15.5 Å². The van der Waals surface area contributed by atoms with Crippen LogP contribution in [0.5, 0.6) is 5.75 Å². The number of halogens is 2. The van der Waals surface area contributed by atoms with Gasteiger partial charge in [0.1, 0.15) is 5.75 Å². The molecule has 7 heteroatoms. The fourth-order valence-electron chi connectivity index (χ4n) is 1.59. The molecule has 0 heterocycles. The summed E-state index contributed by atoms with van der Waals surface area (Å²) < 4.78 is 5.05. The molecular formula is C15H13Cl2N3O2. The van der Waals surface area contributed by atoms with Gasteiger partial charge in [0.2, 0.25) is 0 Å². The van der Waals surface area contributed by atoms with E-state index in [0.717, 1.165) is 11.3 Å². The topological polar surface area (TPSA) is 62.7 Å². The summed E-state index contributed by atoms with van der Waals surface area (Å²) in [5, 5.41) is 7.22. The summed E-state index contributed by atoms with van der Waals surface area (Å²) in [5.74, 6) is 0.752. The van der Waals surface area contributed by atoms with Crippen molar-refractivity contribution in [3.63, 3.8) is 0 Å². The Labute approximate surface area is 137 Å². The first-order valence-electron chi connectivity index (χ1n) is 6.27. The Balaban J connectivity index is 1.88. The van der Waals surface area contributed by atoms with Crippen LogP contribution in [-0.4, -0.2) is 19.4 Å². The molecule has 0 aliphatic heterocycles. The standard InChI is InChI=1S/C15H13Cl2N3O2/c1-22-12-5-2-10(3-6-12)9-18-20-15(21)19-11-4-7-13(16)14(17)8-11/h2-9H,1H3,(H2,19,20,21). The molecule has 0 spiro atoms. The molecule has 0 aromatic heterocycles. The average Bonchev–Trinajstić information content (AvgIpc) is 2.51. The molecule has 5 nitrogen and oxygen atoms in total. The number of nitrogens with one attached hydrogen (secondary N) is 2. The van der Waals surface area contributed by atoms with Crippen LogP contribution in [0.4, 0.5) is 10.5 Å². The minimum atomic E-state index is -0.483. The number of hydrogen-bond donors (Lipinski definition) is 2. The molecule has 0 bridgehead atoms. The Bertz CT molecular complexity index is 688. The van der Waals surface area contributed by atoms with E-state index in [-0.39, 0.29) is 0 Å². The molecule has 2 aromatic carbocycles. The van der Waals surface area contributed by atoms with E-state index >= 15 is 0 Å². The zero-order valence-corrected chi connectivity index (χ0v) is 13.2. The summed E-state index contributed by atoms with van der Waals surface area (Å²) in [4.78, 5) is 11.7. The van der Waals surface area contributed by atoms with E-state index in [9.17, 15) is 4.79 Å². The maximum atomic E-state index is 11.7. The largest absolute Gasteiger partial charge is 0.497 e. The summed E-state index contributed by atoms with van der Waals surface area (Å²) in [6.07, 6.45) is 1.52. The van der Waals surface area contributed by atoms with Crippen molar-refractivity contribution < 1.29 is 9.53 Å². The first-order valence-corrected chi connectivity index (χ1v) is 7.03. The smallest absolute Gasteiger partial charge is 0.339 e. The van der Waals surface area contributed by atoms with E-state index in [1.807, 2.05) is 12.1 Å². The first-order chi connectivity index (χ1) is 10.6. The molecule has 0 aliphatic rings. The minimum Gasteiger partial charge on any atom is -0.497 e. The Hall–Kier alpha value is -2.24. The van der Waals surface area contributed by atoms with Crippen LogP contribution in [0.2, 0.25) is 10.0 Å². The average molecular weight is 338 g/mol. The molecular weight excluding hydrogens is 325 g/mol. The van der Waals surface area contributed by atoms with Gasteiger partial charge < -0.3 is 10.1 Å². The summed E-state index contributed by atoms with van der Waals surface area (Å²) in [5.41, 5.74) is 3.70. The number of benzene rings is 2. The number of hydrogen-bond acceptors (Lipinski definition) is 3. The van der Waals surface area contributed by atoms with Crippen LogP contribution in [0.15, 0.2) is 47.6 Å². The number of urea groups is 1. The van der Waals surface area contributed by atoms with Crippen LogP contribution in [0.3, 0.4) is 0 Å². The van der Waals surface area contributed by atoms with E-state index < -0.39 is 6.03 Å². The lowest BCUT2D eigenvalue weighted by molar-refractivity contribution is 0.252. The SMILES string of the molecule is COc1ccc(C=NNC(=O)Nc2ccc(Cl)c(Cl)c2)cc1. The molecule has 0 radical (unpaired) electrons. The van der Waals surface area contributed by atoms with Gasteiger partial charge in [0.25, 0.3) is 0 Å². The summed E-state index contributed by atoms with van der Waals surface area (Å²) in [7, 11) is 1.60. The van der Waals surface area contributed by atoms with E-state index in [2.05, 4.69) is 15.8 Å². The number of nitrogens with zero attached hydrogens (tertiary/aromatic N) is 1. The first kappa shape index (κ1) is 16.1. The highest BCUT2D eigenvalue weighted by Crippen LogP contribution is 2.24. The van der Waals surface area contributed by atoms with Gasteiger partial charge in [-0.15, -0.1) is 0 Å². The van der Waals surface area contributed by atoms with Crippen molar-refractivity contribution in [2.24, 2.45) is 5.10 Å². The summed E-state index contributed by atoms with van der Waals surface area (Å²) in [6.45, 7) is 0. The quantitative estimate of drug-likeness (QED) is 0.650. The molecule has 0 saturated carbocycles. The zero-order chi connectivity index (χ0) is 15.9. The van der Waals surface area contributed by atoms with Gasteiger partial charge in [-0.3, -0.25) is 0 Å². The highest BCUT2D eigenvalue weighted by molar-refractivity contribution is 6.42. The summed E-state index contributed by atoms with van der Waals surface area (Å²) in [6, 6.07) is 11.6.